The van der Waals surface area contributed by atoms with Gasteiger partial charge in [0.25, 0.3) is 11.6 Å². The first-order chi connectivity index (χ1) is 9.56. The third kappa shape index (κ3) is 2.83. The van der Waals surface area contributed by atoms with Gasteiger partial charge in [0.2, 0.25) is 0 Å². The summed E-state index contributed by atoms with van der Waals surface area (Å²) in [5.74, 6) is -0.278. The van der Waals surface area contributed by atoms with Crippen LogP contribution in [0.1, 0.15) is 29.6 Å². The molecule has 1 aromatic carbocycles. The lowest BCUT2D eigenvalue weighted by Crippen LogP contribution is -2.45. The standard InChI is InChI=1S/C13H15BrN2O4/c14-12-10(5-3-6-11(12)16(19)20)13(18)15-7-2-1-4-9(15)8-17/h3,5-6,9,17H,1-2,4,7-8H2. The summed E-state index contributed by atoms with van der Waals surface area (Å²) in [4.78, 5) is 24.5. The second-order valence-electron chi connectivity index (χ2n) is 4.73. The fourth-order valence-electron chi connectivity index (χ4n) is 2.44. The van der Waals surface area contributed by atoms with E-state index in [0.717, 1.165) is 19.3 Å². The molecule has 0 bridgehead atoms. The number of carbonyl (C=O) groups excluding carboxylic acids is 1. The van der Waals surface area contributed by atoms with Crippen molar-refractivity contribution in [3.05, 3.63) is 38.3 Å². The molecule has 1 heterocycles. The largest absolute Gasteiger partial charge is 0.394 e. The van der Waals surface area contributed by atoms with Crippen LogP contribution in [0.5, 0.6) is 0 Å². The molecule has 1 fully saturated rings. The SMILES string of the molecule is O=C(c1cccc([N+](=O)[O-])c1Br)N1CCCCC1CO. The molecule has 6 nitrogen and oxygen atoms in total. The molecule has 1 saturated heterocycles. The van der Waals surface area contributed by atoms with Gasteiger partial charge in [-0.1, -0.05) is 6.07 Å². The predicted octanol–water partition coefficient (Wildman–Crippen LogP) is 2.34. The second kappa shape index (κ2) is 6.32. The van der Waals surface area contributed by atoms with E-state index in [0.29, 0.717) is 6.54 Å². The lowest BCUT2D eigenvalue weighted by Gasteiger charge is -2.34. The van der Waals surface area contributed by atoms with E-state index in [4.69, 9.17) is 0 Å². The Balaban J connectivity index is 2.33. The zero-order valence-electron chi connectivity index (χ0n) is 10.8. The molecule has 1 unspecified atom stereocenters. The average molecular weight is 343 g/mol. The lowest BCUT2D eigenvalue weighted by atomic mass is 10.0. The van der Waals surface area contributed by atoms with Gasteiger partial charge in [-0.3, -0.25) is 14.9 Å². The van der Waals surface area contributed by atoms with Gasteiger partial charge < -0.3 is 10.0 Å². The van der Waals surface area contributed by atoms with Crippen LogP contribution in [0, 0.1) is 10.1 Å². The fraction of sp³-hybridized carbons (Fsp3) is 0.462. The van der Waals surface area contributed by atoms with Gasteiger partial charge >= 0.3 is 0 Å². The number of amides is 1. The van der Waals surface area contributed by atoms with Crippen molar-refractivity contribution in [3.8, 4) is 0 Å². The molecule has 0 saturated carbocycles. The molecule has 20 heavy (non-hydrogen) atoms. The molecule has 1 amide bonds. The first kappa shape index (κ1) is 14.9. The minimum atomic E-state index is -0.527. The Morgan fingerprint density at radius 2 is 2.25 bits per heavy atom. The Morgan fingerprint density at radius 3 is 2.90 bits per heavy atom. The van der Waals surface area contributed by atoms with E-state index in [-0.39, 0.29) is 34.3 Å². The van der Waals surface area contributed by atoms with Gasteiger partial charge in [0.1, 0.15) is 4.47 Å². The van der Waals surface area contributed by atoms with Gasteiger partial charge in [0.15, 0.2) is 0 Å². The third-order valence-corrected chi connectivity index (χ3v) is 4.34. The summed E-state index contributed by atoms with van der Waals surface area (Å²) in [6, 6.07) is 4.19. The molecule has 1 aliphatic heterocycles. The topological polar surface area (TPSA) is 83.7 Å². The number of aliphatic hydroxyl groups excluding tert-OH is 1. The van der Waals surface area contributed by atoms with E-state index in [1.54, 1.807) is 11.0 Å². The minimum absolute atomic E-state index is 0.0850. The number of nitro benzene ring substituents is 1. The van der Waals surface area contributed by atoms with Crippen molar-refractivity contribution in [2.24, 2.45) is 0 Å². The summed E-state index contributed by atoms with van der Waals surface area (Å²) in [5, 5.41) is 20.3. The van der Waals surface area contributed by atoms with Crippen molar-refractivity contribution < 1.29 is 14.8 Å². The molecule has 2 rings (SSSR count). The Labute approximate surface area is 124 Å². The van der Waals surface area contributed by atoms with E-state index in [1.807, 2.05) is 0 Å². The number of nitrogens with zero attached hydrogens (tertiary/aromatic N) is 2. The van der Waals surface area contributed by atoms with Crippen molar-refractivity contribution in [3.63, 3.8) is 0 Å². The number of hydrogen-bond donors (Lipinski definition) is 1. The van der Waals surface area contributed by atoms with Crippen LogP contribution in [-0.4, -0.2) is 40.0 Å². The van der Waals surface area contributed by atoms with Gasteiger partial charge in [0, 0.05) is 12.6 Å². The van der Waals surface area contributed by atoms with E-state index in [1.165, 1.54) is 12.1 Å². The fourth-order valence-corrected chi connectivity index (χ4v) is 3.02. The van der Waals surface area contributed by atoms with Crippen molar-refractivity contribution in [2.45, 2.75) is 25.3 Å². The summed E-state index contributed by atoms with van der Waals surface area (Å²) < 4.78 is 0.192. The predicted molar refractivity (Wildman–Crippen MR) is 76.6 cm³/mol. The average Bonchev–Trinajstić information content (AvgIpc) is 2.46. The summed E-state index contributed by atoms with van der Waals surface area (Å²) in [5.41, 5.74) is 0.132. The molecule has 1 N–H and O–H groups in total. The van der Waals surface area contributed by atoms with Crippen molar-refractivity contribution >= 4 is 27.5 Å². The number of benzene rings is 1. The normalized spacial score (nSPS) is 18.9. The molecule has 7 heteroatoms. The van der Waals surface area contributed by atoms with E-state index in [2.05, 4.69) is 15.9 Å². The van der Waals surface area contributed by atoms with Crippen LogP contribution >= 0.6 is 15.9 Å². The number of piperidine rings is 1. The van der Waals surface area contributed by atoms with Gasteiger partial charge in [-0.25, -0.2) is 0 Å². The zero-order valence-corrected chi connectivity index (χ0v) is 12.4. The van der Waals surface area contributed by atoms with Crippen LogP contribution in [0.15, 0.2) is 22.7 Å². The van der Waals surface area contributed by atoms with Crippen molar-refractivity contribution in [1.29, 1.82) is 0 Å². The highest BCUT2D eigenvalue weighted by molar-refractivity contribution is 9.10. The number of hydrogen-bond acceptors (Lipinski definition) is 4. The van der Waals surface area contributed by atoms with Gasteiger partial charge in [-0.05, 0) is 41.3 Å². The highest BCUT2D eigenvalue weighted by Crippen LogP contribution is 2.30. The highest BCUT2D eigenvalue weighted by Gasteiger charge is 2.29. The van der Waals surface area contributed by atoms with Crippen molar-refractivity contribution in [2.75, 3.05) is 13.2 Å². The Morgan fingerprint density at radius 1 is 1.50 bits per heavy atom. The molecule has 0 aromatic heterocycles. The van der Waals surface area contributed by atoms with E-state index in [9.17, 15) is 20.0 Å². The summed E-state index contributed by atoms with van der Waals surface area (Å²) >= 11 is 3.14. The van der Waals surface area contributed by atoms with E-state index >= 15 is 0 Å². The molecular formula is C13H15BrN2O4. The number of nitro groups is 1. The van der Waals surface area contributed by atoms with Gasteiger partial charge in [-0.15, -0.1) is 0 Å². The first-order valence-corrected chi connectivity index (χ1v) is 7.20. The van der Waals surface area contributed by atoms with Crippen LogP contribution in [0.2, 0.25) is 0 Å². The molecular weight excluding hydrogens is 328 g/mol. The molecule has 0 spiro atoms. The minimum Gasteiger partial charge on any atom is -0.394 e. The third-order valence-electron chi connectivity index (χ3n) is 3.50. The lowest BCUT2D eigenvalue weighted by molar-refractivity contribution is -0.385. The maximum atomic E-state index is 12.5. The van der Waals surface area contributed by atoms with E-state index < -0.39 is 4.92 Å². The molecule has 1 atom stereocenters. The van der Waals surface area contributed by atoms with Gasteiger partial charge in [0.05, 0.1) is 23.1 Å². The summed E-state index contributed by atoms with van der Waals surface area (Å²) in [7, 11) is 0. The molecule has 108 valence electrons. The highest BCUT2D eigenvalue weighted by atomic mass is 79.9. The second-order valence-corrected chi connectivity index (χ2v) is 5.52. The van der Waals surface area contributed by atoms with Crippen LogP contribution in [0.25, 0.3) is 0 Å². The quantitative estimate of drug-likeness (QED) is 0.674. The Hall–Kier alpha value is -1.47. The molecule has 1 aliphatic rings. The maximum Gasteiger partial charge on any atom is 0.284 e. The summed E-state index contributed by atoms with van der Waals surface area (Å²) in [6.07, 6.45) is 2.62. The number of carbonyl (C=O) groups is 1. The van der Waals surface area contributed by atoms with Crippen molar-refractivity contribution in [1.82, 2.24) is 4.90 Å². The molecule has 0 aliphatic carbocycles. The first-order valence-electron chi connectivity index (χ1n) is 6.41. The number of likely N-dealkylation sites (tertiary alicyclic amines) is 1. The smallest absolute Gasteiger partial charge is 0.284 e. The zero-order chi connectivity index (χ0) is 14.7. The number of aliphatic hydroxyl groups is 1. The van der Waals surface area contributed by atoms with Crippen LogP contribution < -0.4 is 0 Å². The Bertz CT molecular complexity index is 535. The van der Waals surface area contributed by atoms with Crippen LogP contribution in [-0.2, 0) is 0 Å². The Kier molecular flexibility index (Phi) is 4.72. The maximum absolute atomic E-state index is 12.5. The monoisotopic (exact) mass is 342 g/mol. The number of rotatable bonds is 3. The molecule has 1 aromatic rings. The van der Waals surface area contributed by atoms with Crippen LogP contribution in [0.3, 0.4) is 0 Å². The molecule has 0 radical (unpaired) electrons. The van der Waals surface area contributed by atoms with Crippen LogP contribution in [0.4, 0.5) is 5.69 Å². The number of halogens is 1. The van der Waals surface area contributed by atoms with Gasteiger partial charge in [-0.2, -0.15) is 0 Å². The summed E-state index contributed by atoms with van der Waals surface area (Å²) in [6.45, 7) is 0.484.